The number of nitrogens with one attached hydrogen (secondary N) is 2. The molecule has 5 N–H and O–H groups in total. The topological polar surface area (TPSA) is 117 Å². The van der Waals surface area contributed by atoms with Gasteiger partial charge >= 0.3 is 0 Å². The number of aliphatic hydroxyl groups is 1. The molecule has 0 spiro atoms. The van der Waals surface area contributed by atoms with Gasteiger partial charge in [-0.05, 0) is 75.1 Å². The van der Waals surface area contributed by atoms with Crippen LogP contribution >= 0.6 is 0 Å². The van der Waals surface area contributed by atoms with Gasteiger partial charge in [0.15, 0.2) is 0 Å². The summed E-state index contributed by atoms with van der Waals surface area (Å²) in [6.07, 6.45) is 5.23. The lowest BCUT2D eigenvalue weighted by Gasteiger charge is -2.22. The lowest BCUT2D eigenvalue weighted by molar-refractivity contribution is 0.0446. The molecule has 2 aromatic heterocycles. The highest BCUT2D eigenvalue weighted by atomic mass is 16.3. The largest absolute Gasteiger partial charge is 0.385 e. The summed E-state index contributed by atoms with van der Waals surface area (Å²) in [5, 5.41) is 15.2. The number of aromatic amines is 1. The Morgan fingerprint density at radius 2 is 1.80 bits per heavy atom. The summed E-state index contributed by atoms with van der Waals surface area (Å²) >= 11 is 0. The SMILES string of the molecule is CC(C)(C)NC(=O)c1ccc(-c2[nH]c3ccc(C4(O)CCCC4)cc3c2-c2ccnc(N)n2)cc1. The maximum Gasteiger partial charge on any atom is 0.251 e. The van der Waals surface area contributed by atoms with Crippen molar-refractivity contribution in [2.24, 2.45) is 0 Å². The van der Waals surface area contributed by atoms with Crippen molar-refractivity contribution in [1.29, 1.82) is 0 Å². The van der Waals surface area contributed by atoms with Crippen LogP contribution in [0, 0.1) is 0 Å². The zero-order valence-electron chi connectivity index (χ0n) is 20.4. The van der Waals surface area contributed by atoms with Crippen LogP contribution in [0.1, 0.15) is 62.4 Å². The maximum atomic E-state index is 12.6. The van der Waals surface area contributed by atoms with Crippen molar-refractivity contribution in [3.63, 3.8) is 0 Å². The Balaban J connectivity index is 1.63. The second-order valence-corrected chi connectivity index (χ2v) is 10.5. The van der Waals surface area contributed by atoms with Crippen molar-refractivity contribution in [3.05, 3.63) is 65.9 Å². The summed E-state index contributed by atoms with van der Waals surface area (Å²) < 4.78 is 0. The van der Waals surface area contributed by atoms with Gasteiger partial charge in [0.1, 0.15) is 0 Å². The average Bonchev–Trinajstić information content (AvgIpc) is 3.42. The average molecular weight is 470 g/mol. The van der Waals surface area contributed by atoms with Crippen LogP contribution < -0.4 is 11.1 Å². The molecule has 0 aliphatic heterocycles. The zero-order valence-corrected chi connectivity index (χ0v) is 20.4. The number of aromatic nitrogens is 3. The number of carbonyl (C=O) groups is 1. The number of fused-ring (bicyclic) bond motifs is 1. The fourth-order valence-electron chi connectivity index (χ4n) is 4.93. The van der Waals surface area contributed by atoms with Gasteiger partial charge in [-0.15, -0.1) is 0 Å². The molecule has 1 fully saturated rings. The van der Waals surface area contributed by atoms with Crippen LogP contribution in [-0.2, 0) is 5.60 Å². The minimum absolute atomic E-state index is 0.112. The number of nitrogens with zero attached hydrogens (tertiary/aromatic N) is 2. The Morgan fingerprint density at radius 3 is 2.46 bits per heavy atom. The Morgan fingerprint density at radius 1 is 1.09 bits per heavy atom. The molecule has 1 saturated carbocycles. The van der Waals surface area contributed by atoms with Crippen molar-refractivity contribution >= 4 is 22.8 Å². The van der Waals surface area contributed by atoms with Gasteiger partial charge in [0.05, 0.1) is 17.0 Å². The lowest BCUT2D eigenvalue weighted by atomic mass is 9.90. The van der Waals surface area contributed by atoms with Gasteiger partial charge in [-0.1, -0.05) is 31.0 Å². The first-order chi connectivity index (χ1) is 16.6. The van der Waals surface area contributed by atoms with Gasteiger partial charge < -0.3 is 21.1 Å². The molecule has 1 amide bonds. The molecule has 35 heavy (non-hydrogen) atoms. The summed E-state index contributed by atoms with van der Waals surface area (Å²) in [5.41, 5.74) is 10.7. The number of rotatable bonds is 4. The van der Waals surface area contributed by atoms with Crippen LogP contribution in [0.15, 0.2) is 54.7 Å². The standard InChI is InChI=1S/C28H31N5O2/c1-27(2,3)33-25(34)18-8-6-17(7-9-18)24-23(22-12-15-30-26(29)32-22)20-16-19(10-11-21(20)31-24)28(35)13-4-5-14-28/h6-12,15-16,31,35H,4-5,13-14H2,1-3H3,(H,33,34)(H2,29,30,32). The van der Waals surface area contributed by atoms with E-state index in [2.05, 4.69) is 26.3 Å². The highest BCUT2D eigenvalue weighted by Crippen LogP contribution is 2.43. The number of hydrogen-bond donors (Lipinski definition) is 4. The number of nitrogen functional groups attached to an aromatic ring is 1. The summed E-state index contributed by atoms with van der Waals surface area (Å²) in [6.45, 7) is 5.87. The smallest absolute Gasteiger partial charge is 0.251 e. The number of benzene rings is 2. The van der Waals surface area contributed by atoms with Crippen molar-refractivity contribution in [2.75, 3.05) is 5.73 Å². The number of anilines is 1. The fraction of sp³-hybridized carbons (Fsp3) is 0.321. The molecule has 180 valence electrons. The van der Waals surface area contributed by atoms with E-state index >= 15 is 0 Å². The lowest BCUT2D eigenvalue weighted by Crippen LogP contribution is -2.40. The summed E-state index contributed by atoms with van der Waals surface area (Å²) in [7, 11) is 0. The van der Waals surface area contributed by atoms with E-state index in [0.29, 0.717) is 11.3 Å². The molecule has 0 radical (unpaired) electrons. The molecule has 1 aliphatic rings. The Hall–Kier alpha value is -3.71. The number of nitrogens with two attached hydrogens (primary N) is 1. The van der Waals surface area contributed by atoms with E-state index in [0.717, 1.165) is 59.0 Å². The van der Waals surface area contributed by atoms with Crippen LogP contribution in [0.3, 0.4) is 0 Å². The monoisotopic (exact) mass is 469 g/mol. The Labute approximate surface area is 204 Å². The highest BCUT2D eigenvalue weighted by Gasteiger charge is 2.33. The molecule has 4 aromatic rings. The Kier molecular flexibility index (Phi) is 5.60. The number of hydrogen-bond acceptors (Lipinski definition) is 5. The third-order valence-electron chi connectivity index (χ3n) is 6.62. The molecular formula is C28H31N5O2. The summed E-state index contributed by atoms with van der Waals surface area (Å²) in [4.78, 5) is 24.7. The van der Waals surface area contributed by atoms with Crippen LogP contribution in [0.25, 0.3) is 33.4 Å². The second kappa shape index (κ2) is 8.50. The molecule has 0 bridgehead atoms. The van der Waals surface area contributed by atoms with E-state index < -0.39 is 5.60 Å². The molecule has 0 saturated heterocycles. The van der Waals surface area contributed by atoms with Crippen molar-refractivity contribution in [1.82, 2.24) is 20.3 Å². The van der Waals surface area contributed by atoms with Crippen LogP contribution in [0.5, 0.6) is 0 Å². The predicted molar refractivity (Wildman–Crippen MR) is 139 cm³/mol. The zero-order chi connectivity index (χ0) is 24.8. The van der Waals surface area contributed by atoms with Gasteiger partial charge in [0.2, 0.25) is 5.95 Å². The van der Waals surface area contributed by atoms with Crippen LogP contribution in [-0.4, -0.2) is 31.5 Å². The van der Waals surface area contributed by atoms with E-state index in [-0.39, 0.29) is 17.4 Å². The molecule has 2 aromatic carbocycles. The van der Waals surface area contributed by atoms with Gasteiger partial charge in [-0.2, -0.15) is 0 Å². The van der Waals surface area contributed by atoms with Gasteiger partial charge in [0.25, 0.3) is 5.91 Å². The number of H-pyrrole nitrogens is 1. The molecule has 2 heterocycles. The fourth-order valence-corrected chi connectivity index (χ4v) is 4.93. The first-order valence-electron chi connectivity index (χ1n) is 12.0. The van der Waals surface area contributed by atoms with Crippen molar-refractivity contribution in [2.45, 2.75) is 57.6 Å². The maximum absolute atomic E-state index is 12.6. The van der Waals surface area contributed by atoms with E-state index in [1.165, 1.54) is 0 Å². The van der Waals surface area contributed by atoms with E-state index in [1.807, 2.05) is 63.2 Å². The summed E-state index contributed by atoms with van der Waals surface area (Å²) in [5.74, 6) is 0.0847. The molecule has 0 unspecified atom stereocenters. The Bertz CT molecular complexity index is 1390. The number of carbonyl (C=O) groups excluding carboxylic acids is 1. The molecule has 1 aliphatic carbocycles. The first-order valence-corrected chi connectivity index (χ1v) is 12.0. The van der Waals surface area contributed by atoms with Gasteiger partial charge in [-0.25, -0.2) is 9.97 Å². The third kappa shape index (κ3) is 4.51. The van der Waals surface area contributed by atoms with Crippen LogP contribution in [0.2, 0.25) is 0 Å². The van der Waals surface area contributed by atoms with E-state index in [9.17, 15) is 9.90 Å². The molecule has 5 rings (SSSR count). The van der Waals surface area contributed by atoms with E-state index in [1.54, 1.807) is 6.20 Å². The minimum atomic E-state index is -0.796. The normalized spacial score (nSPS) is 15.4. The second-order valence-electron chi connectivity index (χ2n) is 10.5. The predicted octanol–water partition coefficient (Wildman–Crippen LogP) is 5.16. The van der Waals surface area contributed by atoms with E-state index in [4.69, 9.17) is 5.73 Å². The minimum Gasteiger partial charge on any atom is -0.385 e. The first kappa shape index (κ1) is 23.1. The van der Waals surface area contributed by atoms with Crippen molar-refractivity contribution in [3.8, 4) is 22.5 Å². The summed E-state index contributed by atoms with van der Waals surface area (Å²) in [6, 6.07) is 15.4. The molecular weight excluding hydrogens is 438 g/mol. The number of amides is 1. The highest BCUT2D eigenvalue weighted by molar-refractivity contribution is 6.04. The quantitative estimate of drug-likeness (QED) is 0.329. The molecule has 7 nitrogen and oxygen atoms in total. The molecule has 0 atom stereocenters. The van der Waals surface area contributed by atoms with Crippen LogP contribution in [0.4, 0.5) is 5.95 Å². The third-order valence-corrected chi connectivity index (χ3v) is 6.62. The van der Waals surface area contributed by atoms with Gasteiger partial charge in [0, 0.05) is 33.8 Å². The van der Waals surface area contributed by atoms with Crippen molar-refractivity contribution < 1.29 is 9.90 Å². The van der Waals surface area contributed by atoms with Gasteiger partial charge in [-0.3, -0.25) is 4.79 Å². The molecule has 7 heteroatoms.